The van der Waals surface area contributed by atoms with Crippen molar-refractivity contribution in [3.05, 3.63) is 97.1 Å². The van der Waals surface area contributed by atoms with E-state index in [1.807, 2.05) is 0 Å². The van der Waals surface area contributed by atoms with E-state index in [0.717, 1.165) is 91.1 Å². The minimum Gasteiger partial charge on any atom is -0.352 e. The SMILES string of the molecule is c1cc2[nH]c1-c1ccc([nH]1)-c1ccc([nH]1)-c1ccc([nH]1)-c1ccc([nH]1)-c1ccc([nH]1)-c1ccc([nH]1)-c1ccc-2[nH]1. The summed E-state index contributed by atoms with van der Waals surface area (Å²) in [5, 5.41) is 0. The van der Waals surface area contributed by atoms with Crippen LogP contribution < -0.4 is 0 Å². The Bertz CT molecular complexity index is 1550. The molecular formula is C32H24N8. The lowest BCUT2D eigenvalue weighted by atomic mass is 10.3. The molecule has 0 saturated heterocycles. The molecule has 0 aromatic carbocycles. The van der Waals surface area contributed by atoms with Gasteiger partial charge in [0, 0.05) is 0 Å². The second kappa shape index (κ2) is 7.87. The third-order valence-corrected chi connectivity index (χ3v) is 7.81. The van der Waals surface area contributed by atoms with Crippen LogP contribution in [0.2, 0.25) is 0 Å². The fraction of sp³-hybridized carbons (Fsp3) is 0. The Hall–Kier alpha value is -5.76. The van der Waals surface area contributed by atoms with Crippen molar-refractivity contribution in [2.75, 3.05) is 0 Å². The van der Waals surface area contributed by atoms with Crippen molar-refractivity contribution in [1.29, 1.82) is 0 Å². The molecule has 0 radical (unpaired) electrons. The number of nitrogens with one attached hydrogen (secondary N) is 8. The van der Waals surface area contributed by atoms with E-state index in [4.69, 9.17) is 0 Å². The van der Waals surface area contributed by atoms with Crippen LogP contribution in [0.5, 0.6) is 0 Å². The molecule has 8 aromatic heterocycles. The van der Waals surface area contributed by atoms with Gasteiger partial charge in [-0.05, 0) is 97.1 Å². The molecular weight excluding hydrogens is 496 g/mol. The second-order valence-electron chi connectivity index (χ2n) is 10.3. The van der Waals surface area contributed by atoms with Gasteiger partial charge in [-0.3, -0.25) is 0 Å². The molecule has 8 aromatic rings. The zero-order chi connectivity index (χ0) is 26.2. The first-order valence-corrected chi connectivity index (χ1v) is 13.3. The number of rotatable bonds is 0. The largest absolute Gasteiger partial charge is 0.352 e. The van der Waals surface area contributed by atoms with E-state index in [2.05, 4.69) is 137 Å². The van der Waals surface area contributed by atoms with E-state index < -0.39 is 0 Å². The molecule has 0 aliphatic carbocycles. The van der Waals surface area contributed by atoms with Gasteiger partial charge in [0.15, 0.2) is 0 Å². The molecule has 0 unspecified atom stereocenters. The minimum atomic E-state index is 1.03. The van der Waals surface area contributed by atoms with Crippen molar-refractivity contribution >= 4 is 0 Å². The van der Waals surface area contributed by atoms with Gasteiger partial charge in [-0.1, -0.05) is 0 Å². The number of hydrogen-bond donors (Lipinski definition) is 8. The fourth-order valence-electron chi connectivity index (χ4n) is 5.67. The monoisotopic (exact) mass is 520 g/mol. The summed E-state index contributed by atoms with van der Waals surface area (Å²) in [6.07, 6.45) is 0. The summed E-state index contributed by atoms with van der Waals surface area (Å²) >= 11 is 0. The molecule has 8 nitrogen and oxygen atoms in total. The molecule has 16 bridgehead atoms. The molecule has 1 aliphatic heterocycles. The maximum absolute atomic E-state index is 3.56. The Labute approximate surface area is 227 Å². The number of H-pyrrole nitrogens is 8. The topological polar surface area (TPSA) is 126 Å². The second-order valence-corrected chi connectivity index (χ2v) is 10.3. The van der Waals surface area contributed by atoms with Crippen LogP contribution in [0.3, 0.4) is 0 Å². The van der Waals surface area contributed by atoms with Crippen LogP contribution in [0.4, 0.5) is 0 Å². The third-order valence-electron chi connectivity index (χ3n) is 7.81. The van der Waals surface area contributed by atoms with Crippen molar-refractivity contribution in [3.8, 4) is 91.1 Å². The Morgan fingerprint density at radius 3 is 0.300 bits per heavy atom. The van der Waals surface area contributed by atoms with Crippen molar-refractivity contribution in [3.63, 3.8) is 0 Å². The van der Waals surface area contributed by atoms with Gasteiger partial charge in [0.2, 0.25) is 0 Å². The number of fused-ring (bicyclic) bond motifs is 24. The highest BCUT2D eigenvalue weighted by Gasteiger charge is 2.14. The van der Waals surface area contributed by atoms with Crippen LogP contribution >= 0.6 is 0 Å². The molecule has 0 fully saturated rings. The molecule has 1 aliphatic rings. The Kier molecular flexibility index (Phi) is 4.17. The van der Waals surface area contributed by atoms with E-state index in [9.17, 15) is 0 Å². The summed E-state index contributed by atoms with van der Waals surface area (Å²) in [4.78, 5) is 28.5. The average Bonchev–Trinajstić information content (AvgIpc) is 3.84. The van der Waals surface area contributed by atoms with Gasteiger partial charge in [0.1, 0.15) is 0 Å². The molecule has 192 valence electrons. The zero-order valence-corrected chi connectivity index (χ0v) is 21.2. The predicted octanol–water partition coefficient (Wildman–Crippen LogP) is 7.96. The van der Waals surface area contributed by atoms with E-state index in [0.29, 0.717) is 0 Å². The van der Waals surface area contributed by atoms with Gasteiger partial charge in [0.05, 0.1) is 91.1 Å². The molecule has 40 heavy (non-hydrogen) atoms. The normalized spacial score (nSPS) is 12.0. The van der Waals surface area contributed by atoms with Gasteiger partial charge >= 0.3 is 0 Å². The molecule has 8 heteroatoms. The maximum Gasteiger partial charge on any atom is 0.0624 e. The molecule has 8 N–H and O–H groups in total. The van der Waals surface area contributed by atoms with Crippen LogP contribution in [-0.4, -0.2) is 39.9 Å². The van der Waals surface area contributed by atoms with Crippen molar-refractivity contribution in [2.24, 2.45) is 0 Å². The number of aromatic nitrogens is 8. The molecule has 0 saturated carbocycles. The van der Waals surface area contributed by atoms with E-state index >= 15 is 0 Å². The lowest BCUT2D eigenvalue weighted by Gasteiger charge is -1.99. The van der Waals surface area contributed by atoms with Crippen LogP contribution in [-0.2, 0) is 0 Å². The fourth-order valence-corrected chi connectivity index (χ4v) is 5.67. The summed E-state index contributed by atoms with van der Waals surface area (Å²) < 4.78 is 0. The van der Waals surface area contributed by atoms with Crippen LogP contribution in [0, 0.1) is 0 Å². The zero-order valence-electron chi connectivity index (χ0n) is 21.2. The number of aromatic amines is 8. The first-order chi connectivity index (χ1) is 19.7. The van der Waals surface area contributed by atoms with Gasteiger partial charge in [-0.25, -0.2) is 0 Å². The summed E-state index contributed by atoms with van der Waals surface area (Å²) in [5.74, 6) is 0. The molecule has 0 amide bonds. The smallest absolute Gasteiger partial charge is 0.0624 e. The van der Waals surface area contributed by atoms with Gasteiger partial charge in [-0.15, -0.1) is 0 Å². The lowest BCUT2D eigenvalue weighted by Crippen LogP contribution is -1.84. The van der Waals surface area contributed by atoms with Crippen LogP contribution in [0.25, 0.3) is 91.1 Å². The highest BCUT2D eigenvalue weighted by molar-refractivity contribution is 5.75. The standard InChI is InChI=1S/C32H24N8/c1-2-18-20-5-6-23(35-20)24-9-10-27(37-24)28-13-14-31(39-28)32-16-15-30(40-32)29-12-11-26(38-29)25-8-7-22(36-25)21-4-3-19(34-21)17(1)33-18/h1-16,33-40H. The summed E-state index contributed by atoms with van der Waals surface area (Å²) in [6, 6.07) is 33.7. The Balaban J connectivity index is 1.17. The summed E-state index contributed by atoms with van der Waals surface area (Å²) in [6.45, 7) is 0. The highest BCUT2D eigenvalue weighted by atomic mass is 14.9. The highest BCUT2D eigenvalue weighted by Crippen LogP contribution is 2.32. The van der Waals surface area contributed by atoms with Gasteiger partial charge in [0.25, 0.3) is 0 Å². The Morgan fingerprint density at radius 2 is 0.225 bits per heavy atom. The minimum absolute atomic E-state index is 1.03. The summed E-state index contributed by atoms with van der Waals surface area (Å²) in [7, 11) is 0. The molecule has 9 rings (SSSR count). The van der Waals surface area contributed by atoms with E-state index in [-0.39, 0.29) is 0 Å². The van der Waals surface area contributed by atoms with Gasteiger partial charge in [-0.2, -0.15) is 0 Å². The first-order valence-electron chi connectivity index (χ1n) is 13.3. The summed E-state index contributed by atoms with van der Waals surface area (Å²) in [5.41, 5.74) is 16.5. The van der Waals surface area contributed by atoms with Crippen molar-refractivity contribution in [1.82, 2.24) is 39.9 Å². The average molecular weight is 521 g/mol. The van der Waals surface area contributed by atoms with E-state index in [1.165, 1.54) is 0 Å². The lowest BCUT2D eigenvalue weighted by molar-refractivity contribution is 1.26. The van der Waals surface area contributed by atoms with Crippen molar-refractivity contribution in [2.45, 2.75) is 0 Å². The molecule has 0 spiro atoms. The number of hydrogen-bond acceptors (Lipinski definition) is 0. The van der Waals surface area contributed by atoms with Crippen LogP contribution in [0.15, 0.2) is 97.1 Å². The predicted molar refractivity (Wildman–Crippen MR) is 158 cm³/mol. The molecule has 0 atom stereocenters. The first kappa shape index (κ1) is 21.2. The van der Waals surface area contributed by atoms with Crippen molar-refractivity contribution < 1.29 is 0 Å². The Morgan fingerprint density at radius 1 is 0.150 bits per heavy atom. The maximum atomic E-state index is 3.56. The molecule has 9 heterocycles. The van der Waals surface area contributed by atoms with Gasteiger partial charge < -0.3 is 39.9 Å². The van der Waals surface area contributed by atoms with Crippen LogP contribution in [0.1, 0.15) is 0 Å². The quantitative estimate of drug-likeness (QED) is 0.0988. The third kappa shape index (κ3) is 3.26. The van der Waals surface area contributed by atoms with E-state index in [1.54, 1.807) is 0 Å².